The molecule has 3 heteroatoms. The first-order valence-electron chi connectivity index (χ1n) is 6.85. The van der Waals surface area contributed by atoms with Crippen LogP contribution < -0.4 is 9.64 Å². The van der Waals surface area contributed by atoms with Crippen molar-refractivity contribution in [2.75, 3.05) is 26.2 Å². The van der Waals surface area contributed by atoms with E-state index in [0.29, 0.717) is 17.9 Å². The van der Waals surface area contributed by atoms with Crippen LogP contribution in [0.3, 0.4) is 0 Å². The second kappa shape index (κ2) is 7.03. The van der Waals surface area contributed by atoms with E-state index in [-0.39, 0.29) is 0 Å². The number of nitrogens with zero attached hydrogens (tertiary/aromatic N) is 1. The molecule has 1 heterocycles. The lowest BCUT2D eigenvalue weighted by atomic mass is 10.1. The Hall–Kier alpha value is -1.53. The molecule has 0 saturated carbocycles. The van der Waals surface area contributed by atoms with Crippen LogP contribution in [-0.4, -0.2) is 26.2 Å². The molecule has 0 atom stereocenters. The van der Waals surface area contributed by atoms with E-state index >= 15 is 0 Å². The van der Waals surface area contributed by atoms with Crippen molar-refractivity contribution >= 4 is 0 Å². The maximum absolute atomic E-state index is 8.94. The highest BCUT2D eigenvalue weighted by molar-refractivity contribution is 5.42. The molecule has 2 rings (SSSR count). The van der Waals surface area contributed by atoms with Crippen LogP contribution in [0.5, 0.6) is 5.75 Å². The van der Waals surface area contributed by atoms with Gasteiger partial charge in [0.05, 0.1) is 31.8 Å². The molecule has 1 aromatic carbocycles. The highest BCUT2D eigenvalue weighted by atomic mass is 16.5. The molecule has 0 bridgehead atoms. The van der Waals surface area contributed by atoms with E-state index in [2.05, 4.69) is 6.07 Å². The predicted molar refractivity (Wildman–Crippen MR) is 70.7 cm³/mol. The Kier molecular flexibility index (Phi) is 5.04. The number of nitriles is 1. The molecule has 3 nitrogen and oxygen atoms in total. The van der Waals surface area contributed by atoms with Crippen LogP contribution in [0.2, 0.25) is 0 Å². The van der Waals surface area contributed by atoms with Gasteiger partial charge in [0, 0.05) is 6.42 Å². The van der Waals surface area contributed by atoms with E-state index in [1.165, 1.54) is 38.9 Å². The van der Waals surface area contributed by atoms with Gasteiger partial charge in [-0.3, -0.25) is 0 Å². The maximum Gasteiger partial charge on any atom is 0.137 e. The highest BCUT2D eigenvalue weighted by Crippen LogP contribution is 2.16. The summed E-state index contributed by atoms with van der Waals surface area (Å²) in [6, 6.07) is 9.59. The van der Waals surface area contributed by atoms with Crippen LogP contribution in [0, 0.1) is 11.3 Å². The average Bonchev–Trinajstić information content (AvgIpc) is 2.45. The van der Waals surface area contributed by atoms with Gasteiger partial charge in [-0.25, -0.2) is 0 Å². The Bertz CT molecular complexity index is 405. The molecule has 18 heavy (non-hydrogen) atoms. The Labute approximate surface area is 109 Å². The molecular weight excluding hydrogens is 224 g/mol. The summed E-state index contributed by atoms with van der Waals surface area (Å²) >= 11 is 0. The van der Waals surface area contributed by atoms with Crippen molar-refractivity contribution in [2.24, 2.45) is 0 Å². The zero-order valence-corrected chi connectivity index (χ0v) is 10.8. The fourth-order valence-corrected chi connectivity index (χ4v) is 2.49. The average molecular weight is 245 g/mol. The third-order valence-electron chi connectivity index (χ3n) is 3.50. The van der Waals surface area contributed by atoms with Crippen molar-refractivity contribution in [3.63, 3.8) is 0 Å². The summed E-state index contributed by atoms with van der Waals surface area (Å²) in [5.41, 5.74) is 0.628. The lowest BCUT2D eigenvalue weighted by Crippen LogP contribution is -3.12. The summed E-state index contributed by atoms with van der Waals surface area (Å²) in [5, 5.41) is 8.94. The van der Waals surface area contributed by atoms with Gasteiger partial charge >= 0.3 is 0 Å². The van der Waals surface area contributed by atoms with E-state index in [1.807, 2.05) is 18.2 Å². The molecule has 0 radical (unpaired) electrons. The number of rotatable bonds is 5. The summed E-state index contributed by atoms with van der Waals surface area (Å²) in [7, 11) is 0. The molecule has 1 N–H and O–H groups in total. The third-order valence-corrected chi connectivity index (χ3v) is 3.50. The minimum Gasteiger partial charge on any atom is -0.492 e. The molecule has 0 aliphatic carbocycles. The first-order chi connectivity index (χ1) is 8.90. The quantitative estimate of drug-likeness (QED) is 0.796. The number of hydrogen-bond donors (Lipinski definition) is 1. The molecule has 96 valence electrons. The van der Waals surface area contributed by atoms with E-state index in [4.69, 9.17) is 10.00 Å². The summed E-state index contributed by atoms with van der Waals surface area (Å²) in [4.78, 5) is 1.71. The number of hydrogen-bond acceptors (Lipinski definition) is 2. The topological polar surface area (TPSA) is 37.5 Å². The number of quaternary nitrogens is 1. The maximum atomic E-state index is 8.94. The second-order valence-electron chi connectivity index (χ2n) is 4.87. The molecule has 1 saturated heterocycles. The highest BCUT2D eigenvalue weighted by Gasteiger charge is 2.12. The predicted octanol–water partition coefficient (Wildman–Crippen LogP) is 1.40. The first-order valence-corrected chi connectivity index (χ1v) is 6.85. The van der Waals surface area contributed by atoms with Gasteiger partial charge in [-0.15, -0.1) is 0 Å². The summed E-state index contributed by atoms with van der Waals surface area (Å²) < 4.78 is 5.68. The van der Waals surface area contributed by atoms with Crippen LogP contribution in [0.15, 0.2) is 24.3 Å². The van der Waals surface area contributed by atoms with E-state index < -0.39 is 0 Å². The van der Waals surface area contributed by atoms with E-state index in [0.717, 1.165) is 6.42 Å². The van der Waals surface area contributed by atoms with Crippen molar-refractivity contribution in [1.82, 2.24) is 0 Å². The number of nitrogens with one attached hydrogen (secondary N) is 1. The third kappa shape index (κ3) is 3.75. The van der Waals surface area contributed by atoms with E-state index in [1.54, 1.807) is 11.0 Å². The van der Waals surface area contributed by atoms with Crippen molar-refractivity contribution in [3.05, 3.63) is 29.8 Å². The van der Waals surface area contributed by atoms with Crippen LogP contribution in [0.1, 0.15) is 31.2 Å². The largest absolute Gasteiger partial charge is 0.492 e. The zero-order chi connectivity index (χ0) is 12.6. The van der Waals surface area contributed by atoms with Crippen molar-refractivity contribution in [2.45, 2.75) is 25.7 Å². The molecule has 1 aromatic rings. The van der Waals surface area contributed by atoms with Crippen molar-refractivity contribution in [3.8, 4) is 11.8 Å². The van der Waals surface area contributed by atoms with Gasteiger partial charge in [-0.1, -0.05) is 12.1 Å². The van der Waals surface area contributed by atoms with Gasteiger partial charge in [0.2, 0.25) is 0 Å². The van der Waals surface area contributed by atoms with Gasteiger partial charge in [-0.2, -0.15) is 5.26 Å². The van der Waals surface area contributed by atoms with Crippen molar-refractivity contribution < 1.29 is 9.64 Å². The number of likely N-dealkylation sites (tertiary alicyclic amines) is 1. The number of para-hydroxylation sites is 1. The fraction of sp³-hybridized carbons (Fsp3) is 0.533. The zero-order valence-electron chi connectivity index (χ0n) is 10.8. The molecule has 0 spiro atoms. The number of benzene rings is 1. The summed E-state index contributed by atoms with van der Waals surface area (Å²) in [5.74, 6) is 0.716. The Balaban J connectivity index is 1.70. The molecule has 1 aliphatic rings. The van der Waals surface area contributed by atoms with Gasteiger partial charge in [0.1, 0.15) is 11.8 Å². The van der Waals surface area contributed by atoms with Gasteiger partial charge in [0.15, 0.2) is 0 Å². The molecule has 0 aromatic heterocycles. The summed E-state index contributed by atoms with van der Waals surface area (Å²) in [6.07, 6.45) is 5.20. The second-order valence-corrected chi connectivity index (χ2v) is 4.87. The smallest absolute Gasteiger partial charge is 0.137 e. The normalized spacial score (nSPS) is 16.2. The first kappa shape index (κ1) is 12.9. The monoisotopic (exact) mass is 245 g/mol. The lowest BCUT2D eigenvalue weighted by Gasteiger charge is -2.23. The SMILES string of the molecule is N#Cc1ccccc1OCCC[NH+]1CCCCC1. The van der Waals surface area contributed by atoms with E-state index in [9.17, 15) is 0 Å². The minimum atomic E-state index is 0.628. The Morgan fingerprint density at radius 3 is 2.72 bits per heavy atom. The van der Waals surface area contributed by atoms with Crippen molar-refractivity contribution in [1.29, 1.82) is 5.26 Å². The van der Waals surface area contributed by atoms with Gasteiger partial charge in [-0.05, 0) is 31.4 Å². The van der Waals surface area contributed by atoms with Gasteiger partial charge in [0.25, 0.3) is 0 Å². The molecule has 1 fully saturated rings. The van der Waals surface area contributed by atoms with Crippen LogP contribution in [-0.2, 0) is 0 Å². The van der Waals surface area contributed by atoms with Crippen LogP contribution in [0.4, 0.5) is 0 Å². The molecular formula is C15H21N2O+. The van der Waals surface area contributed by atoms with Crippen LogP contribution in [0.25, 0.3) is 0 Å². The lowest BCUT2D eigenvalue weighted by molar-refractivity contribution is -0.905. The Morgan fingerprint density at radius 1 is 1.17 bits per heavy atom. The van der Waals surface area contributed by atoms with Gasteiger partial charge < -0.3 is 9.64 Å². The summed E-state index contributed by atoms with van der Waals surface area (Å²) in [6.45, 7) is 4.53. The number of ether oxygens (including phenoxy) is 1. The fourth-order valence-electron chi connectivity index (χ4n) is 2.49. The Morgan fingerprint density at radius 2 is 1.94 bits per heavy atom. The minimum absolute atomic E-state index is 0.628. The molecule has 0 amide bonds. The molecule has 0 unspecified atom stereocenters. The van der Waals surface area contributed by atoms with Crippen LogP contribution >= 0.6 is 0 Å². The number of piperidine rings is 1. The standard InChI is InChI=1S/C15H20N2O/c16-13-14-7-2-3-8-15(14)18-12-6-11-17-9-4-1-5-10-17/h2-3,7-8H,1,4-6,9-12H2/p+1. The molecule has 1 aliphatic heterocycles.